The Labute approximate surface area is 120 Å². The molecule has 3 rings (SSSR count). The molecule has 2 aromatic carbocycles. The van der Waals surface area contributed by atoms with Crippen molar-refractivity contribution in [3.8, 4) is 11.5 Å². The molecule has 0 aliphatic carbocycles. The highest BCUT2D eigenvalue weighted by Crippen LogP contribution is 2.35. The summed E-state index contributed by atoms with van der Waals surface area (Å²) in [5.74, 6) is -1.43. The summed E-state index contributed by atoms with van der Waals surface area (Å²) in [5, 5.41) is 0.557. The first kappa shape index (κ1) is 13.3. The Balaban J connectivity index is 2.19. The fourth-order valence-corrected chi connectivity index (χ4v) is 2.11. The van der Waals surface area contributed by atoms with E-state index in [1.165, 1.54) is 18.3 Å². The van der Waals surface area contributed by atoms with Gasteiger partial charge in [0.05, 0.1) is 0 Å². The van der Waals surface area contributed by atoms with E-state index in [9.17, 15) is 8.78 Å². The van der Waals surface area contributed by atoms with Crippen LogP contribution in [0.2, 0.25) is 0 Å². The van der Waals surface area contributed by atoms with Crippen LogP contribution in [-0.2, 0) is 0 Å². The third-order valence-corrected chi connectivity index (χ3v) is 3.13. The predicted octanol–water partition coefficient (Wildman–Crippen LogP) is 4.20. The first-order valence-corrected chi connectivity index (χ1v) is 6.33. The predicted molar refractivity (Wildman–Crippen MR) is 77.3 cm³/mol. The largest absolute Gasteiger partial charge is 0.449 e. The Bertz CT molecular complexity index is 834. The number of nitrogens with two attached hydrogens (primary N) is 1. The lowest BCUT2D eigenvalue weighted by Crippen LogP contribution is -1.97. The monoisotopic (exact) mass is 286 g/mol. The van der Waals surface area contributed by atoms with Gasteiger partial charge in [-0.1, -0.05) is 6.07 Å². The summed E-state index contributed by atoms with van der Waals surface area (Å²) >= 11 is 0. The van der Waals surface area contributed by atoms with E-state index in [0.717, 1.165) is 11.6 Å². The summed E-state index contributed by atoms with van der Waals surface area (Å²) in [6.07, 6.45) is 1.50. The van der Waals surface area contributed by atoms with Gasteiger partial charge in [0.1, 0.15) is 5.52 Å². The molecule has 0 fully saturated rings. The van der Waals surface area contributed by atoms with E-state index in [0.29, 0.717) is 5.39 Å². The van der Waals surface area contributed by atoms with Gasteiger partial charge >= 0.3 is 0 Å². The molecule has 0 saturated carbocycles. The lowest BCUT2D eigenvalue weighted by Gasteiger charge is -2.12. The first-order chi connectivity index (χ1) is 10.1. The molecule has 0 amide bonds. The highest BCUT2D eigenvalue weighted by atomic mass is 19.1. The van der Waals surface area contributed by atoms with E-state index in [2.05, 4.69) is 4.98 Å². The molecule has 0 aliphatic rings. The number of benzene rings is 2. The molecule has 0 unspecified atom stereocenters. The van der Waals surface area contributed by atoms with Gasteiger partial charge in [-0.3, -0.25) is 4.98 Å². The van der Waals surface area contributed by atoms with Gasteiger partial charge in [0.25, 0.3) is 0 Å². The molecule has 0 atom stereocenters. The lowest BCUT2D eigenvalue weighted by molar-refractivity contribution is 0.418. The van der Waals surface area contributed by atoms with E-state index in [1.54, 1.807) is 25.1 Å². The number of pyridine rings is 1. The van der Waals surface area contributed by atoms with Gasteiger partial charge in [-0.05, 0) is 36.8 Å². The van der Waals surface area contributed by atoms with E-state index < -0.39 is 11.6 Å². The Hall–Kier alpha value is -2.69. The van der Waals surface area contributed by atoms with Gasteiger partial charge in [0, 0.05) is 23.3 Å². The summed E-state index contributed by atoms with van der Waals surface area (Å²) in [5.41, 5.74) is 7.09. The van der Waals surface area contributed by atoms with Gasteiger partial charge < -0.3 is 10.5 Å². The molecule has 21 heavy (non-hydrogen) atoms. The molecule has 0 bridgehead atoms. The molecule has 3 aromatic rings. The minimum absolute atomic E-state index is 0.0503. The second-order valence-corrected chi connectivity index (χ2v) is 4.71. The second-order valence-electron chi connectivity index (χ2n) is 4.71. The maximum absolute atomic E-state index is 14.1. The average molecular weight is 286 g/mol. The SMILES string of the molecule is Cc1ccc(F)c(Oc2c(F)cc(N)c3cccnc23)c1. The zero-order chi connectivity index (χ0) is 15.0. The minimum Gasteiger partial charge on any atom is -0.449 e. The smallest absolute Gasteiger partial charge is 0.189 e. The van der Waals surface area contributed by atoms with E-state index in [-0.39, 0.29) is 22.7 Å². The van der Waals surface area contributed by atoms with Crippen LogP contribution in [-0.4, -0.2) is 4.98 Å². The van der Waals surface area contributed by atoms with Gasteiger partial charge in [0.2, 0.25) is 0 Å². The number of anilines is 1. The van der Waals surface area contributed by atoms with Crippen LogP contribution in [0, 0.1) is 18.6 Å². The van der Waals surface area contributed by atoms with Crippen LogP contribution in [0.15, 0.2) is 42.6 Å². The molecular formula is C16H12F2N2O. The highest BCUT2D eigenvalue weighted by molar-refractivity contribution is 5.94. The Morgan fingerprint density at radius 1 is 1.10 bits per heavy atom. The molecule has 0 spiro atoms. The third kappa shape index (κ3) is 2.38. The Kier molecular flexibility index (Phi) is 3.17. The van der Waals surface area contributed by atoms with Crippen LogP contribution >= 0.6 is 0 Å². The van der Waals surface area contributed by atoms with Gasteiger partial charge in [-0.2, -0.15) is 0 Å². The maximum Gasteiger partial charge on any atom is 0.189 e. The average Bonchev–Trinajstić information content (AvgIpc) is 2.47. The topological polar surface area (TPSA) is 48.1 Å². The molecule has 1 aromatic heterocycles. The molecule has 2 N–H and O–H groups in total. The Morgan fingerprint density at radius 3 is 2.71 bits per heavy atom. The van der Waals surface area contributed by atoms with Crippen LogP contribution in [0.1, 0.15) is 5.56 Å². The van der Waals surface area contributed by atoms with Crippen LogP contribution in [0.5, 0.6) is 11.5 Å². The number of hydrogen-bond acceptors (Lipinski definition) is 3. The van der Waals surface area contributed by atoms with Crippen molar-refractivity contribution in [3.63, 3.8) is 0 Å². The molecule has 3 nitrogen and oxygen atoms in total. The number of ether oxygens (including phenoxy) is 1. The normalized spacial score (nSPS) is 10.8. The fourth-order valence-electron chi connectivity index (χ4n) is 2.11. The van der Waals surface area contributed by atoms with Crippen LogP contribution in [0.3, 0.4) is 0 Å². The maximum atomic E-state index is 14.1. The van der Waals surface area contributed by atoms with Crippen molar-refractivity contribution in [3.05, 3.63) is 59.8 Å². The standard InChI is InChI=1S/C16H12F2N2O/c1-9-4-5-11(17)14(7-9)21-16-12(18)8-13(19)10-3-2-6-20-15(10)16/h2-8H,19H2,1H3. The molecular weight excluding hydrogens is 274 g/mol. The van der Waals surface area contributed by atoms with E-state index >= 15 is 0 Å². The van der Waals surface area contributed by atoms with Crippen molar-refractivity contribution >= 4 is 16.6 Å². The van der Waals surface area contributed by atoms with Crippen molar-refractivity contribution < 1.29 is 13.5 Å². The number of nitrogen functional groups attached to an aromatic ring is 1. The summed E-state index contributed by atoms with van der Waals surface area (Å²) in [6, 6.07) is 8.92. The first-order valence-electron chi connectivity index (χ1n) is 6.33. The fraction of sp³-hybridized carbons (Fsp3) is 0.0625. The van der Waals surface area contributed by atoms with Crippen molar-refractivity contribution in [1.29, 1.82) is 0 Å². The van der Waals surface area contributed by atoms with Crippen LogP contribution in [0.4, 0.5) is 14.5 Å². The van der Waals surface area contributed by atoms with E-state index in [1.807, 2.05) is 0 Å². The highest BCUT2D eigenvalue weighted by Gasteiger charge is 2.16. The minimum atomic E-state index is -0.681. The van der Waals surface area contributed by atoms with Crippen molar-refractivity contribution in [1.82, 2.24) is 4.98 Å². The van der Waals surface area contributed by atoms with Gasteiger partial charge in [-0.15, -0.1) is 0 Å². The number of halogens is 2. The molecule has 5 heteroatoms. The molecule has 0 aliphatic heterocycles. The van der Waals surface area contributed by atoms with E-state index in [4.69, 9.17) is 10.5 Å². The summed E-state index contributed by atoms with van der Waals surface area (Å²) < 4.78 is 33.3. The number of rotatable bonds is 2. The van der Waals surface area contributed by atoms with Gasteiger partial charge in [0.15, 0.2) is 23.1 Å². The van der Waals surface area contributed by atoms with Crippen molar-refractivity contribution in [2.45, 2.75) is 6.92 Å². The molecule has 0 saturated heterocycles. The number of hydrogen-bond donors (Lipinski definition) is 1. The van der Waals surface area contributed by atoms with Crippen molar-refractivity contribution in [2.75, 3.05) is 5.73 Å². The third-order valence-electron chi connectivity index (χ3n) is 3.13. The molecule has 0 radical (unpaired) electrons. The van der Waals surface area contributed by atoms with Crippen molar-refractivity contribution in [2.24, 2.45) is 0 Å². The zero-order valence-electron chi connectivity index (χ0n) is 11.2. The van der Waals surface area contributed by atoms with Gasteiger partial charge in [-0.25, -0.2) is 8.78 Å². The molecule has 1 heterocycles. The Morgan fingerprint density at radius 2 is 1.90 bits per heavy atom. The zero-order valence-corrected chi connectivity index (χ0v) is 11.2. The summed E-state index contributed by atoms with van der Waals surface area (Å²) in [4.78, 5) is 4.08. The van der Waals surface area contributed by atoms with Crippen LogP contribution in [0.25, 0.3) is 10.9 Å². The number of nitrogens with zero attached hydrogens (tertiary/aromatic N) is 1. The quantitative estimate of drug-likeness (QED) is 0.718. The summed E-state index contributed by atoms with van der Waals surface area (Å²) in [7, 11) is 0. The number of aryl methyl sites for hydroxylation is 1. The van der Waals surface area contributed by atoms with Crippen LogP contribution < -0.4 is 10.5 Å². The number of aromatic nitrogens is 1. The lowest BCUT2D eigenvalue weighted by atomic mass is 10.1. The number of fused-ring (bicyclic) bond motifs is 1. The second kappa shape index (κ2) is 5.01. The summed E-state index contributed by atoms with van der Waals surface area (Å²) in [6.45, 7) is 1.79. The molecule has 106 valence electrons.